The van der Waals surface area contributed by atoms with Gasteiger partial charge < -0.3 is 10.6 Å². The second-order valence-electron chi connectivity index (χ2n) is 5.17. The molecule has 4 heteroatoms. The fourth-order valence-electron chi connectivity index (χ4n) is 1.90. The van der Waals surface area contributed by atoms with Gasteiger partial charge in [-0.2, -0.15) is 0 Å². The molecule has 0 spiro atoms. The largest absolute Gasteiger partial charge is 0.397 e. The molecule has 0 unspecified atom stereocenters. The maximum Gasteiger partial charge on any atom is 0.143 e. The minimum atomic E-state index is 0.461. The van der Waals surface area contributed by atoms with E-state index in [-0.39, 0.29) is 0 Å². The summed E-state index contributed by atoms with van der Waals surface area (Å²) in [6.45, 7) is 7.55. The topological polar surface area (TPSA) is 42.1 Å². The summed E-state index contributed by atoms with van der Waals surface area (Å²) in [6.07, 6.45) is 4.47. The summed E-state index contributed by atoms with van der Waals surface area (Å²) >= 11 is 3.63. The zero-order valence-electron chi connectivity index (χ0n) is 10.7. The minimum Gasteiger partial charge on any atom is -0.397 e. The van der Waals surface area contributed by atoms with Gasteiger partial charge in [-0.1, -0.05) is 0 Å². The van der Waals surface area contributed by atoms with Gasteiger partial charge in [-0.05, 0) is 61.0 Å². The van der Waals surface area contributed by atoms with E-state index in [1.165, 1.54) is 12.8 Å². The molecule has 0 aromatic carbocycles. The van der Waals surface area contributed by atoms with Crippen molar-refractivity contribution in [3.63, 3.8) is 0 Å². The van der Waals surface area contributed by atoms with Crippen molar-refractivity contribution in [2.24, 2.45) is 5.92 Å². The lowest BCUT2D eigenvalue weighted by atomic mass is 10.2. The van der Waals surface area contributed by atoms with Crippen molar-refractivity contribution < 1.29 is 0 Å². The molecule has 2 N–H and O–H groups in total. The SMILES string of the molecule is Cc1c(N)cnc(N(CC2CC2)C(C)C)c1Br. The van der Waals surface area contributed by atoms with Crippen LogP contribution in [0.4, 0.5) is 11.5 Å². The molecule has 0 atom stereocenters. The molecule has 3 nitrogen and oxygen atoms in total. The van der Waals surface area contributed by atoms with E-state index in [0.717, 1.165) is 34.0 Å². The number of nitrogens with two attached hydrogens (primary N) is 1. The van der Waals surface area contributed by atoms with Gasteiger partial charge in [-0.25, -0.2) is 4.98 Å². The maximum absolute atomic E-state index is 5.87. The van der Waals surface area contributed by atoms with E-state index >= 15 is 0 Å². The van der Waals surface area contributed by atoms with E-state index in [2.05, 4.69) is 39.7 Å². The monoisotopic (exact) mass is 297 g/mol. The van der Waals surface area contributed by atoms with E-state index in [0.29, 0.717) is 6.04 Å². The Hall–Kier alpha value is -0.770. The molecule has 0 bridgehead atoms. The standard InChI is InChI=1S/C13H20BrN3/c1-8(2)17(7-10-4-5-10)13-12(14)9(3)11(15)6-16-13/h6,8,10H,4-5,7,15H2,1-3H3. The third-order valence-electron chi connectivity index (χ3n) is 3.33. The van der Waals surface area contributed by atoms with Crippen molar-refractivity contribution in [1.82, 2.24) is 4.98 Å². The van der Waals surface area contributed by atoms with Gasteiger partial charge >= 0.3 is 0 Å². The van der Waals surface area contributed by atoms with Gasteiger partial charge in [0.05, 0.1) is 16.4 Å². The summed E-state index contributed by atoms with van der Waals surface area (Å²) in [5.74, 6) is 1.88. The summed E-state index contributed by atoms with van der Waals surface area (Å²) in [4.78, 5) is 6.86. The van der Waals surface area contributed by atoms with Crippen LogP contribution < -0.4 is 10.6 Å². The Labute approximate surface area is 112 Å². The van der Waals surface area contributed by atoms with Crippen molar-refractivity contribution in [3.8, 4) is 0 Å². The van der Waals surface area contributed by atoms with Gasteiger partial charge in [0.1, 0.15) is 5.82 Å². The van der Waals surface area contributed by atoms with Crippen LogP contribution in [0.1, 0.15) is 32.3 Å². The zero-order chi connectivity index (χ0) is 12.6. The van der Waals surface area contributed by atoms with Crippen LogP contribution in [-0.4, -0.2) is 17.6 Å². The molecule has 17 heavy (non-hydrogen) atoms. The average Bonchev–Trinajstić information content (AvgIpc) is 3.07. The van der Waals surface area contributed by atoms with Gasteiger partial charge in [0.25, 0.3) is 0 Å². The van der Waals surface area contributed by atoms with Gasteiger partial charge in [-0.3, -0.25) is 0 Å². The lowest BCUT2D eigenvalue weighted by Gasteiger charge is -2.29. The van der Waals surface area contributed by atoms with E-state index in [9.17, 15) is 0 Å². The number of hydrogen-bond acceptors (Lipinski definition) is 3. The number of aromatic nitrogens is 1. The molecule has 0 aliphatic heterocycles. The molecular formula is C13H20BrN3. The van der Waals surface area contributed by atoms with Crippen molar-refractivity contribution in [2.75, 3.05) is 17.2 Å². The first-order valence-electron chi connectivity index (χ1n) is 6.18. The number of hydrogen-bond donors (Lipinski definition) is 1. The quantitative estimate of drug-likeness (QED) is 0.926. The normalized spacial score (nSPS) is 15.4. The van der Waals surface area contributed by atoms with Crippen molar-refractivity contribution >= 4 is 27.4 Å². The second-order valence-corrected chi connectivity index (χ2v) is 5.96. The number of rotatable bonds is 4. The van der Waals surface area contributed by atoms with Crippen LogP contribution in [0.5, 0.6) is 0 Å². The van der Waals surface area contributed by atoms with Crippen LogP contribution in [0.2, 0.25) is 0 Å². The smallest absolute Gasteiger partial charge is 0.143 e. The van der Waals surface area contributed by atoms with Gasteiger partial charge in [0.2, 0.25) is 0 Å². The van der Waals surface area contributed by atoms with Crippen molar-refractivity contribution in [3.05, 3.63) is 16.2 Å². The molecule has 1 saturated carbocycles. The first-order chi connectivity index (χ1) is 8.00. The van der Waals surface area contributed by atoms with Crippen LogP contribution in [0, 0.1) is 12.8 Å². The van der Waals surface area contributed by atoms with E-state index in [4.69, 9.17) is 5.73 Å². The highest BCUT2D eigenvalue weighted by atomic mass is 79.9. The highest BCUT2D eigenvalue weighted by molar-refractivity contribution is 9.10. The average molecular weight is 298 g/mol. The van der Waals surface area contributed by atoms with Crippen LogP contribution in [0.15, 0.2) is 10.7 Å². The third kappa shape index (κ3) is 2.73. The van der Waals surface area contributed by atoms with Crippen molar-refractivity contribution in [1.29, 1.82) is 0 Å². The highest BCUT2D eigenvalue weighted by Gasteiger charge is 2.27. The Morgan fingerprint density at radius 1 is 1.53 bits per heavy atom. The minimum absolute atomic E-state index is 0.461. The Morgan fingerprint density at radius 3 is 2.71 bits per heavy atom. The predicted molar refractivity (Wildman–Crippen MR) is 76.3 cm³/mol. The molecular weight excluding hydrogens is 278 g/mol. The first kappa shape index (κ1) is 12.7. The Balaban J connectivity index is 2.31. The van der Waals surface area contributed by atoms with Crippen LogP contribution in [0.3, 0.4) is 0 Å². The van der Waals surface area contributed by atoms with Crippen LogP contribution >= 0.6 is 15.9 Å². The molecule has 94 valence electrons. The highest BCUT2D eigenvalue weighted by Crippen LogP contribution is 2.36. The lowest BCUT2D eigenvalue weighted by Crippen LogP contribution is -2.34. The zero-order valence-corrected chi connectivity index (χ0v) is 12.3. The van der Waals surface area contributed by atoms with Crippen LogP contribution in [0.25, 0.3) is 0 Å². The molecule has 1 aliphatic carbocycles. The van der Waals surface area contributed by atoms with E-state index in [1.807, 2.05) is 6.92 Å². The van der Waals surface area contributed by atoms with Crippen LogP contribution in [-0.2, 0) is 0 Å². The Bertz CT molecular complexity index is 413. The molecule has 1 aromatic heterocycles. The first-order valence-corrected chi connectivity index (χ1v) is 6.97. The maximum atomic E-state index is 5.87. The predicted octanol–water partition coefficient (Wildman–Crippen LogP) is 3.36. The molecule has 0 radical (unpaired) electrons. The molecule has 1 aliphatic rings. The Morgan fingerprint density at radius 2 is 2.18 bits per heavy atom. The summed E-state index contributed by atoms with van der Waals surface area (Å²) in [5.41, 5.74) is 7.69. The number of nitrogen functional groups attached to an aromatic ring is 1. The van der Waals surface area contributed by atoms with Gasteiger partial charge in [0, 0.05) is 12.6 Å². The Kier molecular flexibility index (Phi) is 3.61. The van der Waals surface area contributed by atoms with Gasteiger partial charge in [-0.15, -0.1) is 0 Å². The summed E-state index contributed by atoms with van der Waals surface area (Å²) in [7, 11) is 0. The molecule has 1 heterocycles. The van der Waals surface area contributed by atoms with Gasteiger partial charge in [0.15, 0.2) is 0 Å². The van der Waals surface area contributed by atoms with E-state index < -0.39 is 0 Å². The number of anilines is 2. The molecule has 0 amide bonds. The number of nitrogens with zero attached hydrogens (tertiary/aromatic N) is 2. The lowest BCUT2D eigenvalue weighted by molar-refractivity contribution is 0.635. The summed E-state index contributed by atoms with van der Waals surface area (Å²) < 4.78 is 1.03. The number of halogens is 1. The summed E-state index contributed by atoms with van der Waals surface area (Å²) in [5, 5.41) is 0. The summed E-state index contributed by atoms with van der Waals surface area (Å²) in [6, 6.07) is 0.461. The fraction of sp³-hybridized carbons (Fsp3) is 0.615. The van der Waals surface area contributed by atoms with Crippen molar-refractivity contribution in [2.45, 2.75) is 39.7 Å². The second kappa shape index (κ2) is 4.84. The van der Waals surface area contributed by atoms with E-state index in [1.54, 1.807) is 6.20 Å². The molecule has 2 rings (SSSR count). The molecule has 0 saturated heterocycles. The molecule has 1 fully saturated rings. The molecule has 1 aromatic rings. The number of pyridine rings is 1. The fourth-order valence-corrected chi connectivity index (χ4v) is 2.46. The third-order valence-corrected chi connectivity index (χ3v) is 4.28.